The number of methoxy groups -OCH3 is 1. The average molecular weight is 528 g/mol. The average Bonchev–Trinajstić information content (AvgIpc) is 3.34. The molecule has 0 atom stereocenters. The molecule has 1 heterocycles. The molecule has 0 fully saturated rings. The summed E-state index contributed by atoms with van der Waals surface area (Å²) in [7, 11) is -2.59. The largest absolute Gasteiger partial charge is 0.493 e. The molecule has 0 N–H and O–H groups in total. The molecule has 0 aliphatic heterocycles. The van der Waals surface area contributed by atoms with Gasteiger partial charge in [-0.05, 0) is 35.9 Å². The minimum atomic E-state index is -3.98. The molecule has 0 radical (unpaired) electrons. The Labute approximate surface area is 212 Å². The summed E-state index contributed by atoms with van der Waals surface area (Å²) in [5.74, 6) is -0.967. The molecule has 0 amide bonds. The van der Waals surface area contributed by atoms with Crippen LogP contribution >= 0.6 is 11.3 Å². The highest BCUT2D eigenvalue weighted by Crippen LogP contribution is 2.37. The first-order valence-electron chi connectivity index (χ1n) is 10.8. The number of benzene rings is 3. The van der Waals surface area contributed by atoms with Crippen LogP contribution in [0.1, 0.15) is 16.1 Å². The third-order valence-corrected chi connectivity index (χ3v) is 6.94. The summed E-state index contributed by atoms with van der Waals surface area (Å²) in [6.45, 7) is 0. The summed E-state index contributed by atoms with van der Waals surface area (Å²) < 4.78 is 56.1. The van der Waals surface area contributed by atoms with Crippen LogP contribution in [-0.4, -0.2) is 26.3 Å². The number of hydrogen-bond acceptors (Lipinski definition) is 8. The molecule has 4 rings (SSSR count). The van der Waals surface area contributed by atoms with Crippen LogP contribution in [0.5, 0.6) is 23.0 Å². The van der Waals surface area contributed by atoms with E-state index < -0.39 is 15.9 Å². The Kier molecular flexibility index (Phi) is 7.97. The molecule has 0 saturated heterocycles. The quantitative estimate of drug-likeness (QED) is 0.243. The lowest BCUT2D eigenvalue weighted by molar-refractivity contribution is -0.117. The van der Waals surface area contributed by atoms with Crippen molar-refractivity contribution < 1.29 is 31.3 Å². The van der Waals surface area contributed by atoms with Crippen LogP contribution in [0.15, 0.2) is 78.3 Å². The Morgan fingerprint density at radius 3 is 2.53 bits per heavy atom. The van der Waals surface area contributed by atoms with Gasteiger partial charge in [0.2, 0.25) is 5.75 Å². The second-order valence-electron chi connectivity index (χ2n) is 7.73. The molecule has 7 nitrogen and oxygen atoms in total. The van der Waals surface area contributed by atoms with Crippen molar-refractivity contribution in [2.24, 2.45) is 0 Å². The maximum absolute atomic E-state index is 14.5. The fraction of sp³-hybridized carbons (Fsp3) is 0.154. The number of para-hydroxylation sites is 1. The number of rotatable bonds is 11. The molecular formula is C26H22FNO6S2. The van der Waals surface area contributed by atoms with Crippen LogP contribution in [0.2, 0.25) is 0 Å². The lowest BCUT2D eigenvalue weighted by Crippen LogP contribution is -2.13. The molecule has 186 valence electrons. The van der Waals surface area contributed by atoms with Gasteiger partial charge in [0.25, 0.3) is 0 Å². The number of ketones is 1. The van der Waals surface area contributed by atoms with Crippen LogP contribution in [0.25, 0.3) is 0 Å². The van der Waals surface area contributed by atoms with Gasteiger partial charge < -0.3 is 13.7 Å². The second-order valence-corrected chi connectivity index (χ2v) is 10.3. The van der Waals surface area contributed by atoms with Gasteiger partial charge in [-0.15, -0.1) is 11.3 Å². The van der Waals surface area contributed by atoms with Crippen molar-refractivity contribution in [2.45, 2.75) is 18.6 Å². The lowest BCUT2D eigenvalue weighted by atomic mass is 10.1. The first-order chi connectivity index (χ1) is 17.3. The van der Waals surface area contributed by atoms with Crippen molar-refractivity contribution >= 4 is 27.2 Å². The fourth-order valence-corrected chi connectivity index (χ4v) is 5.14. The number of halogens is 1. The van der Waals surface area contributed by atoms with Gasteiger partial charge in [-0.1, -0.05) is 36.4 Å². The molecule has 4 aromatic rings. The Balaban J connectivity index is 1.62. The zero-order valence-electron chi connectivity index (χ0n) is 19.2. The van der Waals surface area contributed by atoms with Crippen molar-refractivity contribution in [2.75, 3.05) is 7.11 Å². The third kappa shape index (κ3) is 6.67. The standard InChI is InChI=1S/C26H22FNO6S2/c1-32-24-9-5-8-22(27)26(24)33-23-11-10-21(34-36(30,31)17-18-6-3-2-4-7-18)15-19(23)14-20(29)16-25-28-12-13-35-25/h2-13,15H,14,16-17H2,1H3. The molecule has 0 aliphatic carbocycles. The summed E-state index contributed by atoms with van der Waals surface area (Å²) in [6, 6.07) is 17.1. The van der Waals surface area contributed by atoms with Gasteiger partial charge in [-0.3, -0.25) is 4.79 Å². The highest BCUT2D eigenvalue weighted by atomic mass is 32.2. The van der Waals surface area contributed by atoms with E-state index in [0.717, 1.165) is 0 Å². The molecule has 1 aromatic heterocycles. The lowest BCUT2D eigenvalue weighted by Gasteiger charge is -2.15. The Bertz CT molecular complexity index is 1440. The predicted octanol–water partition coefficient (Wildman–Crippen LogP) is 5.35. The van der Waals surface area contributed by atoms with Gasteiger partial charge in [0.1, 0.15) is 23.0 Å². The van der Waals surface area contributed by atoms with Crippen molar-refractivity contribution in [1.82, 2.24) is 4.98 Å². The number of carbonyl (C=O) groups excluding carboxylic acids is 1. The van der Waals surface area contributed by atoms with E-state index in [1.54, 1.807) is 48.0 Å². The van der Waals surface area contributed by atoms with E-state index in [2.05, 4.69) is 4.98 Å². The Hall–Kier alpha value is -3.76. The highest BCUT2D eigenvalue weighted by Gasteiger charge is 2.20. The number of ether oxygens (including phenoxy) is 2. The Morgan fingerprint density at radius 2 is 1.81 bits per heavy atom. The normalized spacial score (nSPS) is 11.2. The van der Waals surface area contributed by atoms with Gasteiger partial charge >= 0.3 is 10.1 Å². The number of hydrogen-bond donors (Lipinski definition) is 0. The molecule has 3 aromatic carbocycles. The van der Waals surface area contributed by atoms with Crippen LogP contribution in [0.4, 0.5) is 4.39 Å². The van der Waals surface area contributed by atoms with E-state index in [4.69, 9.17) is 13.7 Å². The van der Waals surface area contributed by atoms with E-state index in [0.29, 0.717) is 16.1 Å². The number of carbonyl (C=O) groups is 1. The monoisotopic (exact) mass is 527 g/mol. The van der Waals surface area contributed by atoms with Crippen LogP contribution < -0.4 is 13.7 Å². The summed E-state index contributed by atoms with van der Waals surface area (Å²) in [5, 5.41) is 2.42. The zero-order chi connectivity index (χ0) is 25.5. The van der Waals surface area contributed by atoms with Crippen LogP contribution in [0, 0.1) is 5.82 Å². The third-order valence-electron chi connectivity index (χ3n) is 5.02. The number of aromatic nitrogens is 1. The molecule has 0 saturated carbocycles. The van der Waals surface area contributed by atoms with Crippen molar-refractivity contribution in [3.8, 4) is 23.0 Å². The summed E-state index contributed by atoms with van der Waals surface area (Å²) >= 11 is 1.35. The minimum Gasteiger partial charge on any atom is -0.493 e. The highest BCUT2D eigenvalue weighted by molar-refractivity contribution is 7.86. The molecule has 0 spiro atoms. The topological polar surface area (TPSA) is 91.8 Å². The summed E-state index contributed by atoms with van der Waals surface area (Å²) in [5.41, 5.74) is 0.900. The second kappa shape index (κ2) is 11.3. The van der Waals surface area contributed by atoms with Gasteiger partial charge in [0, 0.05) is 23.6 Å². The van der Waals surface area contributed by atoms with E-state index in [1.807, 2.05) is 0 Å². The first-order valence-corrected chi connectivity index (χ1v) is 13.3. The molecule has 36 heavy (non-hydrogen) atoms. The van der Waals surface area contributed by atoms with E-state index >= 15 is 0 Å². The number of Topliss-reactive ketones (excluding diaryl/α,β-unsaturated/α-hetero) is 1. The molecule has 0 unspecified atom stereocenters. The van der Waals surface area contributed by atoms with Crippen LogP contribution in [-0.2, 0) is 33.5 Å². The van der Waals surface area contributed by atoms with Crippen molar-refractivity contribution in [3.05, 3.63) is 100 Å². The first kappa shape index (κ1) is 25.3. The predicted molar refractivity (Wildman–Crippen MR) is 134 cm³/mol. The number of thiazole rings is 1. The Morgan fingerprint density at radius 1 is 1.00 bits per heavy atom. The minimum absolute atomic E-state index is 0.0100. The molecule has 0 aliphatic rings. The maximum atomic E-state index is 14.5. The molecule has 10 heteroatoms. The molecular weight excluding hydrogens is 505 g/mol. The smallest absolute Gasteiger partial charge is 0.313 e. The fourth-order valence-electron chi connectivity index (χ4n) is 3.44. The van der Waals surface area contributed by atoms with Gasteiger partial charge in [-0.2, -0.15) is 8.42 Å². The van der Waals surface area contributed by atoms with Gasteiger partial charge in [0.05, 0.1) is 18.5 Å². The molecule has 0 bridgehead atoms. The summed E-state index contributed by atoms with van der Waals surface area (Å²) in [4.78, 5) is 16.9. The van der Waals surface area contributed by atoms with E-state index in [9.17, 15) is 17.6 Å². The van der Waals surface area contributed by atoms with Crippen molar-refractivity contribution in [3.63, 3.8) is 0 Å². The van der Waals surface area contributed by atoms with Crippen molar-refractivity contribution in [1.29, 1.82) is 0 Å². The van der Waals surface area contributed by atoms with Gasteiger partial charge in [-0.25, -0.2) is 9.37 Å². The maximum Gasteiger partial charge on any atom is 0.313 e. The summed E-state index contributed by atoms with van der Waals surface area (Å²) in [6.07, 6.45) is 1.59. The zero-order valence-corrected chi connectivity index (χ0v) is 20.9. The van der Waals surface area contributed by atoms with E-state index in [-0.39, 0.29) is 47.4 Å². The van der Waals surface area contributed by atoms with Crippen LogP contribution in [0.3, 0.4) is 0 Å². The van der Waals surface area contributed by atoms with Gasteiger partial charge in [0.15, 0.2) is 11.6 Å². The SMILES string of the molecule is COc1cccc(F)c1Oc1ccc(OS(=O)(=O)Cc2ccccc2)cc1CC(=O)Cc1nccs1. The van der Waals surface area contributed by atoms with E-state index in [1.165, 1.54) is 48.8 Å². The number of nitrogens with zero attached hydrogens (tertiary/aromatic N) is 1.